The fourth-order valence-electron chi connectivity index (χ4n) is 2.86. The highest BCUT2D eigenvalue weighted by molar-refractivity contribution is 5.94. The van der Waals surface area contributed by atoms with E-state index in [1.807, 2.05) is 0 Å². The molecule has 0 amide bonds. The van der Waals surface area contributed by atoms with Crippen molar-refractivity contribution < 1.29 is 9.21 Å². The monoisotopic (exact) mass is 249 g/mol. The molecule has 1 fully saturated rings. The van der Waals surface area contributed by atoms with Crippen LogP contribution in [-0.2, 0) is 0 Å². The van der Waals surface area contributed by atoms with Crippen LogP contribution in [-0.4, -0.2) is 30.3 Å². The fourth-order valence-corrected chi connectivity index (χ4v) is 2.86. The van der Waals surface area contributed by atoms with Gasteiger partial charge in [0.1, 0.15) is 0 Å². The van der Waals surface area contributed by atoms with Crippen molar-refractivity contribution in [2.24, 2.45) is 5.92 Å². The number of carbonyl (C=O) groups is 1. The third kappa shape index (κ3) is 3.22. The molecule has 0 aromatic carbocycles. The first-order chi connectivity index (χ1) is 8.70. The van der Waals surface area contributed by atoms with Crippen LogP contribution in [0.1, 0.15) is 49.6 Å². The summed E-state index contributed by atoms with van der Waals surface area (Å²) in [6, 6.07) is 4.07. The molecule has 1 aromatic heterocycles. The summed E-state index contributed by atoms with van der Waals surface area (Å²) < 4.78 is 5.14. The number of ketones is 1. The molecule has 0 saturated heterocycles. The van der Waals surface area contributed by atoms with Crippen LogP contribution in [0.2, 0.25) is 0 Å². The molecule has 18 heavy (non-hydrogen) atoms. The number of furan rings is 1. The van der Waals surface area contributed by atoms with Gasteiger partial charge in [-0.25, -0.2) is 0 Å². The van der Waals surface area contributed by atoms with Crippen LogP contribution in [0.4, 0.5) is 0 Å². The van der Waals surface area contributed by atoms with Crippen molar-refractivity contribution in [3.05, 3.63) is 24.2 Å². The van der Waals surface area contributed by atoms with Gasteiger partial charge >= 0.3 is 0 Å². The number of hydrogen-bond acceptors (Lipinski definition) is 3. The first-order valence-corrected chi connectivity index (χ1v) is 6.97. The van der Waals surface area contributed by atoms with E-state index >= 15 is 0 Å². The highest BCUT2D eigenvalue weighted by Gasteiger charge is 2.24. The molecule has 1 aromatic rings. The Balaban J connectivity index is 1.82. The van der Waals surface area contributed by atoms with Crippen LogP contribution in [0.25, 0.3) is 0 Å². The molecule has 3 nitrogen and oxygen atoms in total. The molecule has 0 atom stereocenters. The van der Waals surface area contributed by atoms with Crippen LogP contribution in [0.3, 0.4) is 0 Å². The molecule has 0 unspecified atom stereocenters. The van der Waals surface area contributed by atoms with Crippen molar-refractivity contribution in [3.8, 4) is 0 Å². The zero-order valence-corrected chi connectivity index (χ0v) is 11.4. The predicted molar refractivity (Wildman–Crippen MR) is 71.7 cm³/mol. The van der Waals surface area contributed by atoms with E-state index in [9.17, 15) is 4.79 Å². The molecule has 0 radical (unpaired) electrons. The van der Waals surface area contributed by atoms with Crippen molar-refractivity contribution in [2.45, 2.75) is 45.1 Å². The standard InChI is InChI=1S/C15H23NO2/c1-3-12-6-8-13(9-7-12)16(2)11-14(17)15-5-4-10-18-15/h4-5,10,12-13H,3,6-9,11H2,1-2H3. The predicted octanol–water partition coefficient (Wildman–Crippen LogP) is 3.36. The first kappa shape index (κ1) is 13.3. The normalized spacial score (nSPS) is 24.4. The zero-order chi connectivity index (χ0) is 13.0. The number of likely N-dealkylation sites (N-methyl/N-ethyl adjacent to an activating group) is 1. The average molecular weight is 249 g/mol. The average Bonchev–Trinajstić information content (AvgIpc) is 2.92. The highest BCUT2D eigenvalue weighted by Crippen LogP contribution is 2.28. The minimum absolute atomic E-state index is 0.0834. The number of rotatable bonds is 5. The van der Waals surface area contributed by atoms with Crippen LogP contribution in [0.15, 0.2) is 22.8 Å². The molecular weight excluding hydrogens is 226 g/mol. The molecule has 1 aliphatic rings. The second-order valence-corrected chi connectivity index (χ2v) is 5.40. The second kappa shape index (κ2) is 6.19. The highest BCUT2D eigenvalue weighted by atomic mass is 16.3. The maximum absolute atomic E-state index is 11.9. The maximum atomic E-state index is 11.9. The lowest BCUT2D eigenvalue weighted by atomic mass is 9.84. The Morgan fingerprint density at radius 1 is 1.39 bits per heavy atom. The fraction of sp³-hybridized carbons (Fsp3) is 0.667. The van der Waals surface area contributed by atoms with Crippen molar-refractivity contribution >= 4 is 5.78 Å². The summed E-state index contributed by atoms with van der Waals surface area (Å²) in [5, 5.41) is 0. The summed E-state index contributed by atoms with van der Waals surface area (Å²) in [5.74, 6) is 1.46. The van der Waals surface area contributed by atoms with Gasteiger partial charge in [-0.3, -0.25) is 9.69 Å². The molecule has 1 aliphatic carbocycles. The molecule has 3 heteroatoms. The van der Waals surface area contributed by atoms with E-state index in [1.54, 1.807) is 18.4 Å². The summed E-state index contributed by atoms with van der Waals surface area (Å²) in [6.07, 6.45) is 7.91. The van der Waals surface area contributed by atoms with E-state index in [4.69, 9.17) is 4.42 Å². The molecule has 2 rings (SSSR count). The van der Waals surface area contributed by atoms with Crippen LogP contribution >= 0.6 is 0 Å². The van der Waals surface area contributed by atoms with Gasteiger partial charge in [0.15, 0.2) is 5.76 Å². The quantitative estimate of drug-likeness (QED) is 0.750. The van der Waals surface area contributed by atoms with Crippen molar-refractivity contribution in [3.63, 3.8) is 0 Å². The van der Waals surface area contributed by atoms with Gasteiger partial charge in [-0.2, -0.15) is 0 Å². The molecule has 0 aliphatic heterocycles. The Hall–Kier alpha value is -1.09. The minimum Gasteiger partial charge on any atom is -0.461 e. The third-order valence-corrected chi connectivity index (χ3v) is 4.21. The Morgan fingerprint density at radius 3 is 2.67 bits per heavy atom. The molecular formula is C15H23NO2. The topological polar surface area (TPSA) is 33.5 Å². The lowest BCUT2D eigenvalue weighted by Gasteiger charge is -2.33. The third-order valence-electron chi connectivity index (χ3n) is 4.21. The van der Waals surface area contributed by atoms with E-state index in [1.165, 1.54) is 32.1 Å². The molecule has 0 spiro atoms. The number of carbonyl (C=O) groups excluding carboxylic acids is 1. The van der Waals surface area contributed by atoms with Gasteiger partial charge in [0.2, 0.25) is 5.78 Å². The van der Waals surface area contributed by atoms with Crippen molar-refractivity contribution in [1.29, 1.82) is 0 Å². The van der Waals surface area contributed by atoms with Gasteiger partial charge in [-0.05, 0) is 50.8 Å². The maximum Gasteiger partial charge on any atom is 0.211 e. The number of Topliss-reactive ketones (excluding diaryl/α,β-unsaturated/α-hetero) is 1. The van der Waals surface area contributed by atoms with Crippen molar-refractivity contribution in [1.82, 2.24) is 4.90 Å². The Morgan fingerprint density at radius 2 is 2.11 bits per heavy atom. The molecule has 1 saturated carbocycles. The molecule has 1 heterocycles. The van der Waals surface area contributed by atoms with E-state index in [0.717, 1.165) is 5.92 Å². The van der Waals surface area contributed by atoms with Gasteiger partial charge in [0.05, 0.1) is 12.8 Å². The van der Waals surface area contributed by atoms with Gasteiger partial charge in [0.25, 0.3) is 0 Å². The van der Waals surface area contributed by atoms with Crippen LogP contribution in [0, 0.1) is 5.92 Å². The summed E-state index contributed by atoms with van der Waals surface area (Å²) >= 11 is 0. The van der Waals surface area contributed by atoms with Crippen molar-refractivity contribution in [2.75, 3.05) is 13.6 Å². The Bertz CT molecular complexity index is 364. The summed E-state index contributed by atoms with van der Waals surface area (Å²) in [4.78, 5) is 14.1. The van der Waals surface area contributed by atoms with Crippen LogP contribution < -0.4 is 0 Å². The first-order valence-electron chi connectivity index (χ1n) is 6.97. The van der Waals surface area contributed by atoms with E-state index in [0.29, 0.717) is 18.3 Å². The van der Waals surface area contributed by atoms with Gasteiger partial charge in [-0.1, -0.05) is 13.3 Å². The molecule has 0 bridgehead atoms. The summed E-state index contributed by atoms with van der Waals surface area (Å²) in [7, 11) is 2.05. The van der Waals surface area contributed by atoms with Gasteiger partial charge in [-0.15, -0.1) is 0 Å². The lowest BCUT2D eigenvalue weighted by molar-refractivity contribution is 0.0858. The number of nitrogens with zero attached hydrogens (tertiary/aromatic N) is 1. The summed E-state index contributed by atoms with van der Waals surface area (Å²) in [6.45, 7) is 2.74. The molecule has 0 N–H and O–H groups in total. The van der Waals surface area contributed by atoms with Gasteiger partial charge in [0, 0.05) is 6.04 Å². The van der Waals surface area contributed by atoms with E-state index < -0.39 is 0 Å². The minimum atomic E-state index is 0.0834. The Labute approximate surface area is 109 Å². The Kier molecular flexibility index (Phi) is 4.59. The van der Waals surface area contributed by atoms with Crippen LogP contribution in [0.5, 0.6) is 0 Å². The summed E-state index contributed by atoms with van der Waals surface area (Å²) in [5.41, 5.74) is 0. The van der Waals surface area contributed by atoms with E-state index in [-0.39, 0.29) is 5.78 Å². The van der Waals surface area contributed by atoms with Gasteiger partial charge < -0.3 is 4.42 Å². The zero-order valence-electron chi connectivity index (χ0n) is 11.4. The smallest absolute Gasteiger partial charge is 0.211 e. The SMILES string of the molecule is CCC1CCC(N(C)CC(=O)c2ccco2)CC1. The largest absolute Gasteiger partial charge is 0.461 e. The molecule has 100 valence electrons. The van der Waals surface area contributed by atoms with E-state index in [2.05, 4.69) is 18.9 Å². The lowest BCUT2D eigenvalue weighted by Crippen LogP contribution is -2.38. The second-order valence-electron chi connectivity index (χ2n) is 5.40. The number of hydrogen-bond donors (Lipinski definition) is 0.